The van der Waals surface area contributed by atoms with Crippen molar-refractivity contribution >= 4 is 50.1 Å². The second-order valence-electron chi connectivity index (χ2n) is 6.22. The van der Waals surface area contributed by atoms with Crippen LogP contribution in [0.2, 0.25) is 5.02 Å². The van der Waals surface area contributed by atoms with Gasteiger partial charge in [-0.1, -0.05) is 41.9 Å². The van der Waals surface area contributed by atoms with Crippen molar-refractivity contribution in [3.63, 3.8) is 0 Å². The highest BCUT2D eigenvalue weighted by Crippen LogP contribution is 2.32. The number of halogens is 1. The number of nitrogens with zero attached hydrogens (tertiary/aromatic N) is 2. The van der Waals surface area contributed by atoms with Gasteiger partial charge in [0, 0.05) is 15.8 Å². The molecule has 0 saturated heterocycles. The Hall–Kier alpha value is -3.11. The molecule has 0 fully saturated rings. The molecule has 0 aliphatic heterocycles. The standard InChI is InChI=1S/C21H15ClN4/c22-13-9-10-17-15(11-13)21(14-5-1-2-6-16(14)24-17)23-12-20-25-18-7-3-4-8-19(18)26-20/h1-11H,12H2,(H,23,24)(H,25,26). The molecule has 0 spiro atoms. The van der Waals surface area contributed by atoms with Crippen LogP contribution in [-0.2, 0) is 6.54 Å². The van der Waals surface area contributed by atoms with Gasteiger partial charge in [-0.2, -0.15) is 0 Å². The molecule has 0 bridgehead atoms. The third kappa shape index (κ3) is 2.55. The summed E-state index contributed by atoms with van der Waals surface area (Å²) in [4.78, 5) is 12.8. The maximum absolute atomic E-state index is 6.24. The van der Waals surface area contributed by atoms with E-state index in [1.807, 2.05) is 60.7 Å². The van der Waals surface area contributed by atoms with Gasteiger partial charge in [-0.25, -0.2) is 9.97 Å². The predicted molar refractivity (Wildman–Crippen MR) is 108 cm³/mol. The van der Waals surface area contributed by atoms with E-state index in [9.17, 15) is 0 Å². The van der Waals surface area contributed by atoms with Gasteiger partial charge in [0.1, 0.15) is 5.82 Å². The molecule has 0 aliphatic rings. The van der Waals surface area contributed by atoms with Gasteiger partial charge in [-0.05, 0) is 36.4 Å². The fourth-order valence-electron chi connectivity index (χ4n) is 3.32. The minimum absolute atomic E-state index is 0.588. The number of anilines is 1. The van der Waals surface area contributed by atoms with Crippen LogP contribution in [0.5, 0.6) is 0 Å². The van der Waals surface area contributed by atoms with Gasteiger partial charge in [0.2, 0.25) is 0 Å². The Kier molecular flexibility index (Phi) is 3.50. The first-order valence-electron chi connectivity index (χ1n) is 8.43. The van der Waals surface area contributed by atoms with Crippen LogP contribution in [0.15, 0.2) is 66.7 Å². The lowest BCUT2D eigenvalue weighted by Crippen LogP contribution is -2.03. The van der Waals surface area contributed by atoms with Gasteiger partial charge in [0.25, 0.3) is 0 Å². The first kappa shape index (κ1) is 15.2. The first-order valence-corrected chi connectivity index (χ1v) is 8.81. The topological polar surface area (TPSA) is 53.6 Å². The summed E-state index contributed by atoms with van der Waals surface area (Å²) in [5.74, 6) is 0.891. The SMILES string of the molecule is Clc1ccc2nc3ccccc3c(NCc3nc4ccccc4[nH]3)c2c1. The van der Waals surface area contributed by atoms with Gasteiger partial charge in [-0.15, -0.1) is 0 Å². The number of pyridine rings is 1. The van der Waals surface area contributed by atoms with E-state index in [2.05, 4.69) is 21.4 Å². The molecule has 2 heterocycles. The van der Waals surface area contributed by atoms with Crippen LogP contribution >= 0.6 is 11.6 Å². The number of nitrogens with one attached hydrogen (secondary N) is 2. The molecule has 2 aromatic heterocycles. The van der Waals surface area contributed by atoms with Crippen LogP contribution in [-0.4, -0.2) is 15.0 Å². The van der Waals surface area contributed by atoms with Gasteiger partial charge in [0.05, 0.1) is 34.3 Å². The average molecular weight is 359 g/mol. The van der Waals surface area contributed by atoms with Crippen molar-refractivity contribution in [3.8, 4) is 0 Å². The number of imidazole rings is 1. The van der Waals surface area contributed by atoms with Crippen LogP contribution in [0.1, 0.15) is 5.82 Å². The summed E-state index contributed by atoms with van der Waals surface area (Å²) in [6, 6.07) is 21.9. The number of benzene rings is 3. The lowest BCUT2D eigenvalue weighted by Gasteiger charge is -2.12. The zero-order valence-corrected chi connectivity index (χ0v) is 14.6. The van der Waals surface area contributed by atoms with Crippen molar-refractivity contribution in [2.24, 2.45) is 0 Å². The largest absolute Gasteiger partial charge is 0.377 e. The average Bonchev–Trinajstić information content (AvgIpc) is 3.08. The minimum Gasteiger partial charge on any atom is -0.377 e. The van der Waals surface area contributed by atoms with Gasteiger partial charge in [0.15, 0.2) is 0 Å². The number of para-hydroxylation sites is 3. The number of hydrogen-bond acceptors (Lipinski definition) is 3. The molecule has 26 heavy (non-hydrogen) atoms. The van der Waals surface area contributed by atoms with Crippen molar-refractivity contribution in [3.05, 3.63) is 77.6 Å². The van der Waals surface area contributed by atoms with Gasteiger partial charge >= 0.3 is 0 Å². The van der Waals surface area contributed by atoms with Gasteiger partial charge < -0.3 is 10.3 Å². The number of fused-ring (bicyclic) bond motifs is 3. The second kappa shape index (κ2) is 6.00. The maximum atomic E-state index is 6.24. The number of hydrogen-bond donors (Lipinski definition) is 2. The highest BCUT2D eigenvalue weighted by atomic mass is 35.5. The monoisotopic (exact) mass is 358 g/mol. The molecule has 4 nitrogen and oxygen atoms in total. The highest BCUT2D eigenvalue weighted by Gasteiger charge is 2.10. The molecule has 126 valence electrons. The van der Waals surface area contributed by atoms with E-state index in [4.69, 9.17) is 16.6 Å². The Balaban J connectivity index is 1.62. The van der Waals surface area contributed by atoms with Crippen LogP contribution < -0.4 is 5.32 Å². The van der Waals surface area contributed by atoms with E-state index in [0.29, 0.717) is 11.6 Å². The van der Waals surface area contributed by atoms with Crippen molar-refractivity contribution in [1.29, 1.82) is 0 Å². The van der Waals surface area contributed by atoms with Crippen molar-refractivity contribution in [2.75, 3.05) is 5.32 Å². The van der Waals surface area contributed by atoms with Crippen molar-refractivity contribution in [2.45, 2.75) is 6.54 Å². The summed E-state index contributed by atoms with van der Waals surface area (Å²) < 4.78 is 0. The molecular weight excluding hydrogens is 344 g/mol. The van der Waals surface area contributed by atoms with Crippen molar-refractivity contribution < 1.29 is 0 Å². The summed E-state index contributed by atoms with van der Waals surface area (Å²) in [6.45, 7) is 0.588. The Labute approximate surface area is 154 Å². The summed E-state index contributed by atoms with van der Waals surface area (Å²) in [7, 11) is 0. The Morgan fingerprint density at radius 3 is 2.46 bits per heavy atom. The number of aromatic nitrogens is 3. The molecule has 5 aromatic rings. The lowest BCUT2D eigenvalue weighted by atomic mass is 10.1. The summed E-state index contributed by atoms with van der Waals surface area (Å²) in [5, 5.41) is 6.31. The Bertz CT molecular complexity index is 1230. The zero-order chi connectivity index (χ0) is 17.5. The molecule has 0 amide bonds. The van der Waals surface area contributed by atoms with Gasteiger partial charge in [-0.3, -0.25) is 0 Å². The predicted octanol–water partition coefficient (Wildman–Crippen LogP) is 5.53. The maximum Gasteiger partial charge on any atom is 0.126 e. The molecular formula is C21H15ClN4. The van der Waals surface area contributed by atoms with E-state index in [-0.39, 0.29) is 0 Å². The third-order valence-corrected chi connectivity index (χ3v) is 4.75. The molecule has 0 saturated carbocycles. The fraction of sp³-hybridized carbons (Fsp3) is 0.0476. The second-order valence-corrected chi connectivity index (χ2v) is 6.66. The summed E-state index contributed by atoms with van der Waals surface area (Å²) in [6.07, 6.45) is 0. The minimum atomic E-state index is 0.588. The smallest absolute Gasteiger partial charge is 0.126 e. The molecule has 0 unspecified atom stereocenters. The third-order valence-electron chi connectivity index (χ3n) is 4.51. The molecule has 0 aliphatic carbocycles. The quantitative estimate of drug-likeness (QED) is 0.417. The van der Waals surface area contributed by atoms with Crippen LogP contribution in [0.4, 0.5) is 5.69 Å². The fourth-order valence-corrected chi connectivity index (χ4v) is 3.49. The molecule has 3 aromatic carbocycles. The molecule has 5 heteroatoms. The first-order chi connectivity index (χ1) is 12.8. The zero-order valence-electron chi connectivity index (χ0n) is 13.8. The normalized spacial score (nSPS) is 11.4. The van der Waals surface area contributed by atoms with E-state index in [1.165, 1.54) is 0 Å². The van der Waals surface area contributed by atoms with Crippen LogP contribution in [0.3, 0.4) is 0 Å². The molecule has 0 atom stereocenters. The van der Waals surface area contributed by atoms with Crippen LogP contribution in [0, 0.1) is 0 Å². The van der Waals surface area contributed by atoms with Crippen LogP contribution in [0.25, 0.3) is 32.8 Å². The van der Waals surface area contributed by atoms with Crippen molar-refractivity contribution in [1.82, 2.24) is 15.0 Å². The molecule has 2 N–H and O–H groups in total. The molecule has 5 rings (SSSR count). The van der Waals surface area contributed by atoms with E-state index >= 15 is 0 Å². The van der Waals surface area contributed by atoms with E-state index in [0.717, 1.165) is 44.4 Å². The number of rotatable bonds is 3. The molecule has 0 radical (unpaired) electrons. The Morgan fingerprint density at radius 1 is 0.808 bits per heavy atom. The highest BCUT2D eigenvalue weighted by molar-refractivity contribution is 6.31. The van der Waals surface area contributed by atoms with E-state index < -0.39 is 0 Å². The number of aromatic amines is 1. The Morgan fingerprint density at radius 2 is 1.58 bits per heavy atom. The lowest BCUT2D eigenvalue weighted by molar-refractivity contribution is 1.01. The number of H-pyrrole nitrogens is 1. The van der Waals surface area contributed by atoms with E-state index in [1.54, 1.807) is 0 Å². The summed E-state index contributed by atoms with van der Waals surface area (Å²) in [5.41, 5.74) is 4.90. The summed E-state index contributed by atoms with van der Waals surface area (Å²) >= 11 is 6.24.